The number of rotatable bonds is 2. The summed E-state index contributed by atoms with van der Waals surface area (Å²) in [7, 11) is -2.99. The fraction of sp³-hybridized carbons (Fsp3) is 0.417. The van der Waals surface area contributed by atoms with Gasteiger partial charge in [-0.25, -0.2) is 12.8 Å². The average molecular weight is 348 g/mol. The number of hydrogen-bond acceptors (Lipinski definition) is 4. The zero-order chi connectivity index (χ0) is 14.0. The van der Waals surface area contributed by atoms with E-state index < -0.39 is 15.7 Å². The predicted octanol–water partition coefficient (Wildman–Crippen LogP) is 2.42. The number of sulfone groups is 1. The lowest BCUT2D eigenvalue weighted by Crippen LogP contribution is -2.31. The Kier molecular flexibility index (Phi) is 4.11. The van der Waals surface area contributed by atoms with Crippen molar-refractivity contribution in [1.29, 1.82) is 5.26 Å². The second kappa shape index (κ2) is 5.47. The van der Waals surface area contributed by atoms with Gasteiger partial charge in [-0.05, 0) is 25.0 Å². The zero-order valence-electron chi connectivity index (χ0n) is 9.90. The molecule has 2 rings (SSSR count). The Morgan fingerprint density at radius 2 is 2.00 bits per heavy atom. The quantitative estimate of drug-likeness (QED) is 0.823. The van der Waals surface area contributed by atoms with Crippen LogP contribution in [0.5, 0.6) is 5.75 Å². The highest BCUT2D eigenvalue weighted by molar-refractivity contribution is 9.10. The summed E-state index contributed by atoms with van der Waals surface area (Å²) in [5.74, 6) is -0.649. The van der Waals surface area contributed by atoms with E-state index in [4.69, 9.17) is 10.00 Å². The highest BCUT2D eigenvalue weighted by atomic mass is 79.9. The normalized spacial score (nSPS) is 18.8. The molecule has 19 heavy (non-hydrogen) atoms. The summed E-state index contributed by atoms with van der Waals surface area (Å²) in [5.41, 5.74) is 0.0975. The van der Waals surface area contributed by atoms with Gasteiger partial charge < -0.3 is 4.74 Å². The van der Waals surface area contributed by atoms with Crippen molar-refractivity contribution < 1.29 is 17.5 Å². The van der Waals surface area contributed by atoms with Crippen LogP contribution in [0.15, 0.2) is 16.6 Å². The van der Waals surface area contributed by atoms with Crippen LogP contribution in [0.4, 0.5) is 4.39 Å². The molecule has 0 aromatic heterocycles. The van der Waals surface area contributed by atoms with Crippen LogP contribution in [-0.4, -0.2) is 26.0 Å². The molecule has 4 nitrogen and oxygen atoms in total. The van der Waals surface area contributed by atoms with E-state index in [-0.39, 0.29) is 28.9 Å². The molecule has 0 spiro atoms. The minimum Gasteiger partial charge on any atom is -0.486 e. The summed E-state index contributed by atoms with van der Waals surface area (Å²) in [5, 5.41) is 8.97. The molecule has 1 aliphatic heterocycles. The van der Waals surface area contributed by atoms with Gasteiger partial charge in [0.2, 0.25) is 0 Å². The van der Waals surface area contributed by atoms with Crippen molar-refractivity contribution in [1.82, 2.24) is 0 Å². The van der Waals surface area contributed by atoms with Gasteiger partial charge in [0, 0.05) is 4.47 Å². The van der Waals surface area contributed by atoms with E-state index in [0.29, 0.717) is 17.3 Å². The third kappa shape index (κ3) is 3.45. The number of hydrogen-bond donors (Lipinski definition) is 0. The van der Waals surface area contributed by atoms with Crippen LogP contribution in [-0.2, 0) is 9.84 Å². The smallest absolute Gasteiger partial charge is 0.173 e. The van der Waals surface area contributed by atoms with Gasteiger partial charge in [-0.1, -0.05) is 15.9 Å². The van der Waals surface area contributed by atoms with Crippen molar-refractivity contribution in [2.75, 3.05) is 11.5 Å². The molecule has 0 aliphatic carbocycles. The van der Waals surface area contributed by atoms with E-state index in [2.05, 4.69) is 15.9 Å². The minimum atomic E-state index is -2.99. The highest BCUT2D eigenvalue weighted by Gasteiger charge is 2.26. The molecule has 102 valence electrons. The molecular formula is C12H11BrFNO3S. The maximum absolute atomic E-state index is 13.8. The van der Waals surface area contributed by atoms with Gasteiger partial charge in [0.1, 0.15) is 12.2 Å². The van der Waals surface area contributed by atoms with Crippen LogP contribution < -0.4 is 4.74 Å². The lowest BCUT2D eigenvalue weighted by atomic mass is 10.2. The summed E-state index contributed by atoms with van der Waals surface area (Å²) in [6.07, 6.45) is 0.275. The summed E-state index contributed by atoms with van der Waals surface area (Å²) in [6.45, 7) is 0. The Balaban J connectivity index is 2.19. The molecule has 0 saturated carbocycles. The first-order valence-electron chi connectivity index (χ1n) is 5.67. The van der Waals surface area contributed by atoms with Crippen LogP contribution in [0, 0.1) is 17.1 Å². The lowest BCUT2D eigenvalue weighted by Gasteiger charge is -2.23. The molecular weight excluding hydrogens is 337 g/mol. The van der Waals surface area contributed by atoms with E-state index in [1.165, 1.54) is 12.1 Å². The second-order valence-electron chi connectivity index (χ2n) is 4.35. The molecule has 0 atom stereocenters. The van der Waals surface area contributed by atoms with Crippen LogP contribution in [0.2, 0.25) is 0 Å². The van der Waals surface area contributed by atoms with Gasteiger partial charge in [0.25, 0.3) is 0 Å². The first kappa shape index (κ1) is 14.3. The first-order valence-corrected chi connectivity index (χ1v) is 8.29. The molecule has 1 aromatic rings. The fourth-order valence-electron chi connectivity index (χ4n) is 1.92. The molecule has 0 unspecified atom stereocenters. The Morgan fingerprint density at radius 3 is 2.58 bits per heavy atom. The molecule has 1 aliphatic rings. The standard InChI is InChI=1S/C12H11BrFNO3S/c13-9-5-8(7-15)12(11(14)6-9)18-10-1-3-19(16,17)4-2-10/h5-6,10H,1-4H2. The van der Waals surface area contributed by atoms with Gasteiger partial charge in [0.15, 0.2) is 21.4 Å². The molecule has 0 radical (unpaired) electrons. The predicted molar refractivity (Wildman–Crippen MR) is 71.1 cm³/mol. The number of nitriles is 1. The molecule has 1 fully saturated rings. The lowest BCUT2D eigenvalue weighted by molar-refractivity contribution is 0.181. The van der Waals surface area contributed by atoms with Gasteiger partial charge in [-0.3, -0.25) is 0 Å². The topological polar surface area (TPSA) is 67.2 Å². The summed E-state index contributed by atoms with van der Waals surface area (Å²) in [6, 6.07) is 4.56. The van der Waals surface area contributed by atoms with Crippen molar-refractivity contribution in [3.05, 3.63) is 28.0 Å². The van der Waals surface area contributed by atoms with Crippen LogP contribution >= 0.6 is 15.9 Å². The highest BCUT2D eigenvalue weighted by Crippen LogP contribution is 2.29. The third-order valence-electron chi connectivity index (χ3n) is 2.92. The number of ether oxygens (including phenoxy) is 1. The summed E-state index contributed by atoms with van der Waals surface area (Å²) < 4.78 is 42.3. The zero-order valence-corrected chi connectivity index (χ0v) is 12.3. The Hall–Kier alpha value is -1.13. The Morgan fingerprint density at radius 1 is 1.37 bits per heavy atom. The van der Waals surface area contributed by atoms with Gasteiger partial charge in [-0.15, -0.1) is 0 Å². The molecule has 7 heteroatoms. The summed E-state index contributed by atoms with van der Waals surface area (Å²) >= 11 is 3.10. The molecule has 0 bridgehead atoms. The van der Waals surface area contributed by atoms with Gasteiger partial charge >= 0.3 is 0 Å². The average Bonchev–Trinajstić information content (AvgIpc) is 2.34. The maximum Gasteiger partial charge on any atom is 0.173 e. The molecule has 0 amide bonds. The second-order valence-corrected chi connectivity index (χ2v) is 7.56. The monoisotopic (exact) mass is 347 g/mol. The van der Waals surface area contributed by atoms with E-state index >= 15 is 0 Å². The molecule has 1 aromatic carbocycles. The van der Waals surface area contributed by atoms with Crippen LogP contribution in [0.1, 0.15) is 18.4 Å². The number of nitrogens with zero attached hydrogens (tertiary/aromatic N) is 1. The van der Waals surface area contributed by atoms with Crippen LogP contribution in [0.25, 0.3) is 0 Å². The number of benzene rings is 1. The van der Waals surface area contributed by atoms with Crippen LogP contribution in [0.3, 0.4) is 0 Å². The number of halogens is 2. The van der Waals surface area contributed by atoms with E-state index in [0.717, 1.165) is 0 Å². The van der Waals surface area contributed by atoms with Crippen molar-refractivity contribution in [3.63, 3.8) is 0 Å². The van der Waals surface area contributed by atoms with E-state index in [1.807, 2.05) is 6.07 Å². The minimum absolute atomic E-state index is 0.0394. The van der Waals surface area contributed by atoms with E-state index in [1.54, 1.807) is 0 Å². The van der Waals surface area contributed by atoms with Crippen molar-refractivity contribution in [2.24, 2.45) is 0 Å². The maximum atomic E-state index is 13.8. The van der Waals surface area contributed by atoms with Gasteiger partial charge in [0.05, 0.1) is 17.1 Å². The van der Waals surface area contributed by atoms with Crippen molar-refractivity contribution in [2.45, 2.75) is 18.9 Å². The van der Waals surface area contributed by atoms with E-state index in [9.17, 15) is 12.8 Å². The molecule has 1 heterocycles. The first-order chi connectivity index (χ1) is 8.91. The van der Waals surface area contributed by atoms with Gasteiger partial charge in [-0.2, -0.15) is 5.26 Å². The SMILES string of the molecule is N#Cc1cc(Br)cc(F)c1OC1CCS(=O)(=O)CC1. The third-order valence-corrected chi connectivity index (χ3v) is 5.09. The van der Waals surface area contributed by atoms with Crippen molar-refractivity contribution >= 4 is 25.8 Å². The Bertz CT molecular complexity index is 625. The molecule has 0 N–H and O–H groups in total. The molecule has 1 saturated heterocycles. The Labute approximate surface area is 119 Å². The summed E-state index contributed by atoms with van der Waals surface area (Å²) in [4.78, 5) is 0. The fourth-order valence-corrected chi connectivity index (χ4v) is 3.79. The largest absolute Gasteiger partial charge is 0.486 e. The van der Waals surface area contributed by atoms with Crippen molar-refractivity contribution in [3.8, 4) is 11.8 Å².